The number of ether oxygens (including phenoxy) is 3. The molecule has 2 aliphatic rings. The number of carbonyl (C=O) groups excluding carboxylic acids is 5. The summed E-state index contributed by atoms with van der Waals surface area (Å²) in [5.41, 5.74) is 3.09. The Morgan fingerprint density at radius 2 is 1.48 bits per heavy atom. The van der Waals surface area contributed by atoms with Crippen molar-refractivity contribution in [2.45, 2.75) is 154 Å². The molecule has 0 saturated carbocycles. The molecule has 0 radical (unpaired) electrons. The molecule has 14 nitrogen and oxygen atoms in total. The van der Waals surface area contributed by atoms with Crippen molar-refractivity contribution in [1.82, 2.24) is 25.3 Å². The summed E-state index contributed by atoms with van der Waals surface area (Å²) in [6, 6.07) is 14.0. The van der Waals surface area contributed by atoms with E-state index in [1.165, 1.54) is 10.5 Å². The van der Waals surface area contributed by atoms with Gasteiger partial charge in [0.2, 0.25) is 23.6 Å². The first-order chi connectivity index (χ1) is 31.8. The number of carbonyl (C=O) groups is 5. The molecule has 3 N–H and O–H groups in total. The highest BCUT2D eigenvalue weighted by atomic mass is 127. The lowest BCUT2D eigenvalue weighted by Gasteiger charge is -2.41. The van der Waals surface area contributed by atoms with Crippen LogP contribution in [0.15, 0.2) is 54.6 Å². The van der Waals surface area contributed by atoms with Crippen LogP contribution in [0.3, 0.4) is 0 Å². The number of halogens is 1. The van der Waals surface area contributed by atoms with Crippen LogP contribution in [0.4, 0.5) is 4.79 Å². The number of nitrogens with one attached hydrogen (secondary N) is 2. The Hall–Kier alpha value is -3.10. The molecule has 1 fully saturated rings. The zero-order valence-electron chi connectivity index (χ0n) is 41.5. The third-order valence-electron chi connectivity index (χ3n) is 13.9. The van der Waals surface area contributed by atoms with E-state index in [9.17, 15) is 29.1 Å². The fourth-order valence-corrected chi connectivity index (χ4v) is 13.7. The summed E-state index contributed by atoms with van der Waals surface area (Å²) in [6.07, 6.45) is 0.171. The van der Waals surface area contributed by atoms with E-state index < -0.39 is 60.4 Å². The van der Waals surface area contributed by atoms with Crippen LogP contribution >= 0.6 is 40.0 Å². The van der Waals surface area contributed by atoms with E-state index in [-0.39, 0.29) is 59.3 Å². The molecule has 0 bridgehead atoms. The maximum absolute atomic E-state index is 14.7. The lowest BCUT2D eigenvalue weighted by molar-refractivity contribution is -0.148. The van der Waals surface area contributed by atoms with E-state index in [0.717, 1.165) is 18.4 Å². The number of nitrogens with zero attached hydrogens (tertiary/aromatic N) is 3. The normalized spacial score (nSPS) is 21.2. The number of hydrogen-bond donors (Lipinski definition) is 3. The van der Waals surface area contributed by atoms with Gasteiger partial charge in [0, 0.05) is 62.5 Å². The molecular formula is C50H76IN5O9S2. The highest BCUT2D eigenvalue weighted by Crippen LogP contribution is 2.41. The van der Waals surface area contributed by atoms with Gasteiger partial charge in [-0.05, 0) is 68.6 Å². The number of amides is 5. The maximum atomic E-state index is 14.7. The molecule has 2 aromatic carbocycles. The molecule has 1 saturated heterocycles. The summed E-state index contributed by atoms with van der Waals surface area (Å²) in [5, 5.41) is 16.9. The second-order valence-electron chi connectivity index (χ2n) is 19.1. The molecule has 1 aliphatic heterocycles. The van der Waals surface area contributed by atoms with E-state index in [1.54, 1.807) is 70.7 Å². The van der Waals surface area contributed by atoms with Gasteiger partial charge in [-0.2, -0.15) is 0 Å². The van der Waals surface area contributed by atoms with Crippen LogP contribution in [0.1, 0.15) is 104 Å². The van der Waals surface area contributed by atoms with E-state index in [1.807, 2.05) is 84.0 Å². The number of aliphatic hydroxyl groups is 1. The minimum Gasteiger partial charge on any atom is -0.445 e. The van der Waals surface area contributed by atoms with Gasteiger partial charge in [-0.15, -0.1) is 0 Å². The predicted molar refractivity (Wildman–Crippen MR) is 275 cm³/mol. The number of hydrogen-bond acceptors (Lipinski definition) is 11. The van der Waals surface area contributed by atoms with Gasteiger partial charge in [0.25, 0.3) is 0 Å². The summed E-state index contributed by atoms with van der Waals surface area (Å²) >= 11 is 2.24. The SMILES string of the molecule is CC[C@H](C)[C@@H]([C@@H](CC(=O)N1CCC[C@H]1[C@H](OC)[C@@H](C)C(=O)N[C@H](C)[C@@H](O)c1ccccc1)OC)N(C)C(=O)[C@@H](NC(=O)[C@H](C(C)C)N(C)C(=O)O[C@@H]1Cc2ccccc2C[C@H]1SSI)C(C)C. The fourth-order valence-electron chi connectivity index (χ4n) is 9.82. The fraction of sp³-hybridized carbons (Fsp3) is 0.660. The average Bonchev–Trinajstić information content (AvgIpc) is 3.80. The number of methoxy groups -OCH3 is 2. The van der Waals surface area contributed by atoms with Gasteiger partial charge >= 0.3 is 6.09 Å². The average molecular weight is 1080 g/mol. The molecule has 0 aromatic heterocycles. The molecule has 374 valence electrons. The molecule has 1 heterocycles. The number of rotatable bonds is 23. The van der Waals surface area contributed by atoms with Crippen molar-refractivity contribution in [3.05, 3.63) is 71.3 Å². The molecule has 5 amide bonds. The summed E-state index contributed by atoms with van der Waals surface area (Å²) in [5.74, 6) is -2.64. The highest BCUT2D eigenvalue weighted by molar-refractivity contribution is 14.2. The second-order valence-corrected chi connectivity index (χ2v) is 24.2. The Labute approximate surface area is 419 Å². The molecule has 17 heteroatoms. The van der Waals surface area contributed by atoms with Gasteiger partial charge in [-0.25, -0.2) is 4.79 Å². The van der Waals surface area contributed by atoms with Crippen LogP contribution in [0.25, 0.3) is 0 Å². The maximum Gasteiger partial charge on any atom is 0.410 e. The summed E-state index contributed by atoms with van der Waals surface area (Å²) in [7, 11) is 9.63. The molecule has 0 unspecified atom stereocenters. The number of benzene rings is 2. The van der Waals surface area contributed by atoms with E-state index in [4.69, 9.17) is 14.2 Å². The van der Waals surface area contributed by atoms with Gasteiger partial charge < -0.3 is 39.8 Å². The van der Waals surface area contributed by atoms with Gasteiger partial charge in [-0.3, -0.25) is 24.1 Å². The van der Waals surface area contributed by atoms with Gasteiger partial charge in [0.1, 0.15) is 18.2 Å². The molecule has 0 spiro atoms. The van der Waals surface area contributed by atoms with Crippen molar-refractivity contribution < 1.29 is 43.3 Å². The number of likely N-dealkylation sites (N-methyl/N-ethyl adjacent to an activating group) is 2. The predicted octanol–water partition coefficient (Wildman–Crippen LogP) is 7.65. The van der Waals surface area contributed by atoms with Gasteiger partial charge in [0.15, 0.2) is 0 Å². The second kappa shape index (κ2) is 26.8. The van der Waals surface area contributed by atoms with Crippen molar-refractivity contribution in [3.8, 4) is 0 Å². The minimum atomic E-state index is -0.950. The molecule has 1 aliphatic carbocycles. The van der Waals surface area contributed by atoms with Crippen LogP contribution in [0.5, 0.6) is 0 Å². The standard InChI is InChI=1S/C50H76IN5O9S2/c1-13-31(6)44(39(63-11)28-41(57)56-25-19-24-37(56)46(64-12)32(7)47(59)52-33(8)45(58)34-20-15-14-16-21-34)54(9)49(61)42(29(2)3)53-48(60)43(30(4)5)55(10)50(62)65-38-26-35-22-17-18-23-36(35)27-40(38)66-67-51/h14-18,20-23,29-33,37-40,42-46,58H,13,19,24-28H2,1-12H3,(H,52,59)(H,53,60)/t31-,32+,33+,37-,38+,39+,40+,42-,43-,44-,45+,46+/m0/s1. The first-order valence-electron chi connectivity index (χ1n) is 23.7. The third-order valence-corrected chi connectivity index (χ3v) is 17.5. The first kappa shape index (κ1) is 56.5. The number of likely N-dealkylation sites (tertiary alicyclic amines) is 1. The Kier molecular flexibility index (Phi) is 22.6. The first-order valence-corrected chi connectivity index (χ1v) is 28.5. The topological polar surface area (TPSA) is 167 Å². The van der Waals surface area contributed by atoms with Crippen molar-refractivity contribution in [2.75, 3.05) is 34.9 Å². The lowest BCUT2D eigenvalue weighted by Crippen LogP contribution is -2.60. The monoisotopic (exact) mass is 1080 g/mol. The Morgan fingerprint density at radius 3 is 2.04 bits per heavy atom. The van der Waals surface area contributed by atoms with Crippen molar-refractivity contribution in [2.24, 2.45) is 23.7 Å². The number of fused-ring (bicyclic) bond motifs is 1. The quantitative estimate of drug-likeness (QED) is 0.0740. The van der Waals surface area contributed by atoms with Crippen LogP contribution in [-0.2, 0) is 46.2 Å². The Morgan fingerprint density at radius 1 is 0.851 bits per heavy atom. The van der Waals surface area contributed by atoms with Crippen LogP contribution in [0, 0.1) is 23.7 Å². The van der Waals surface area contributed by atoms with Crippen LogP contribution < -0.4 is 10.6 Å². The lowest BCUT2D eigenvalue weighted by atomic mass is 9.89. The van der Waals surface area contributed by atoms with Crippen molar-refractivity contribution in [1.29, 1.82) is 0 Å². The molecular weight excluding hydrogens is 1010 g/mol. The number of aliphatic hydroxyl groups excluding tert-OH is 1. The smallest absolute Gasteiger partial charge is 0.410 e. The summed E-state index contributed by atoms with van der Waals surface area (Å²) < 4.78 is 18.2. The van der Waals surface area contributed by atoms with Gasteiger partial charge in [0.05, 0.1) is 54.0 Å². The van der Waals surface area contributed by atoms with E-state index >= 15 is 0 Å². The zero-order chi connectivity index (χ0) is 49.7. The highest BCUT2D eigenvalue weighted by Gasteiger charge is 2.44. The van der Waals surface area contributed by atoms with Crippen LogP contribution in [-0.4, -0.2) is 138 Å². The third kappa shape index (κ3) is 14.5. The largest absolute Gasteiger partial charge is 0.445 e. The molecule has 2 aromatic rings. The van der Waals surface area contributed by atoms with E-state index in [0.29, 0.717) is 31.4 Å². The van der Waals surface area contributed by atoms with Gasteiger partial charge in [-0.1, -0.05) is 120 Å². The van der Waals surface area contributed by atoms with Crippen molar-refractivity contribution >= 4 is 69.7 Å². The van der Waals surface area contributed by atoms with E-state index in [2.05, 4.69) is 44.0 Å². The molecule has 12 atom stereocenters. The van der Waals surface area contributed by atoms with Crippen molar-refractivity contribution in [3.63, 3.8) is 0 Å². The minimum absolute atomic E-state index is 0.0273. The van der Waals surface area contributed by atoms with Crippen LogP contribution in [0.2, 0.25) is 0 Å². The summed E-state index contributed by atoms with van der Waals surface area (Å²) in [4.78, 5) is 75.6. The summed E-state index contributed by atoms with van der Waals surface area (Å²) in [6.45, 7) is 15.5. The zero-order valence-corrected chi connectivity index (χ0v) is 45.3. The Balaban J connectivity index is 1.47. The molecule has 67 heavy (non-hydrogen) atoms. The molecule has 4 rings (SSSR count). The Bertz CT molecular complexity index is 1930.